The average molecular weight is 277 g/mol. The first-order valence-corrected chi connectivity index (χ1v) is 6.66. The van der Waals surface area contributed by atoms with E-state index in [2.05, 4.69) is 36.1 Å². The van der Waals surface area contributed by atoms with Gasteiger partial charge in [-0.2, -0.15) is 0 Å². The van der Waals surface area contributed by atoms with Crippen molar-refractivity contribution in [2.75, 3.05) is 5.32 Å². The van der Waals surface area contributed by atoms with Gasteiger partial charge in [0.15, 0.2) is 5.13 Å². The summed E-state index contributed by atoms with van der Waals surface area (Å²) in [6, 6.07) is 3.14. The van der Waals surface area contributed by atoms with E-state index < -0.39 is 5.97 Å². The number of anilines is 2. The highest BCUT2D eigenvalue weighted by molar-refractivity contribution is 7.13. The van der Waals surface area contributed by atoms with E-state index in [4.69, 9.17) is 5.11 Å². The zero-order valence-electron chi connectivity index (χ0n) is 11.0. The first-order valence-electron chi connectivity index (χ1n) is 5.78. The summed E-state index contributed by atoms with van der Waals surface area (Å²) >= 11 is 1.52. The summed E-state index contributed by atoms with van der Waals surface area (Å²) in [7, 11) is 0. The van der Waals surface area contributed by atoms with Gasteiger partial charge in [-0.05, 0) is 12.1 Å². The van der Waals surface area contributed by atoms with Crippen LogP contribution in [0.5, 0.6) is 0 Å². The van der Waals surface area contributed by atoms with Gasteiger partial charge in [0, 0.05) is 10.8 Å². The number of thiazole rings is 1. The van der Waals surface area contributed by atoms with Crippen LogP contribution in [0.15, 0.2) is 23.7 Å². The molecule has 0 atom stereocenters. The predicted molar refractivity (Wildman–Crippen MR) is 75.3 cm³/mol. The second-order valence-corrected chi connectivity index (χ2v) is 6.01. The smallest absolute Gasteiger partial charge is 0.354 e. The summed E-state index contributed by atoms with van der Waals surface area (Å²) in [5.74, 6) is -1.03. The largest absolute Gasteiger partial charge is 0.477 e. The van der Waals surface area contributed by atoms with Crippen molar-refractivity contribution in [1.29, 1.82) is 0 Å². The number of hydrogen-bond donors (Lipinski definition) is 2. The van der Waals surface area contributed by atoms with E-state index in [0.29, 0.717) is 0 Å². The van der Waals surface area contributed by atoms with Crippen LogP contribution in [0.4, 0.5) is 10.8 Å². The summed E-state index contributed by atoms with van der Waals surface area (Å²) in [5.41, 5.74) is 1.79. The van der Waals surface area contributed by atoms with Crippen LogP contribution in [0, 0.1) is 0 Å². The Hall–Kier alpha value is -1.95. The summed E-state index contributed by atoms with van der Waals surface area (Å²) in [5, 5.41) is 14.7. The van der Waals surface area contributed by atoms with Crippen LogP contribution in [0.25, 0.3) is 0 Å². The zero-order chi connectivity index (χ0) is 14.0. The van der Waals surface area contributed by atoms with Crippen LogP contribution >= 0.6 is 11.3 Å². The van der Waals surface area contributed by atoms with Crippen molar-refractivity contribution in [2.24, 2.45) is 0 Å². The fourth-order valence-corrected chi connectivity index (χ4v) is 2.35. The van der Waals surface area contributed by atoms with Crippen LogP contribution in [0.1, 0.15) is 37.0 Å². The minimum absolute atomic E-state index is 0.0157. The lowest BCUT2D eigenvalue weighted by atomic mass is 9.93. The Morgan fingerprint density at radius 3 is 2.58 bits per heavy atom. The lowest BCUT2D eigenvalue weighted by molar-refractivity contribution is 0.0690. The average Bonchev–Trinajstić information content (AvgIpc) is 2.78. The Balaban J connectivity index is 2.13. The lowest BCUT2D eigenvalue weighted by Crippen LogP contribution is -2.11. The third-order valence-electron chi connectivity index (χ3n) is 2.51. The van der Waals surface area contributed by atoms with E-state index in [1.165, 1.54) is 23.6 Å². The molecule has 0 amide bonds. The van der Waals surface area contributed by atoms with E-state index in [-0.39, 0.29) is 11.1 Å². The number of nitrogens with zero attached hydrogens (tertiary/aromatic N) is 2. The third-order valence-corrected chi connectivity index (χ3v) is 3.26. The molecule has 0 radical (unpaired) electrons. The normalized spacial score (nSPS) is 11.3. The Bertz CT molecular complexity index is 585. The minimum atomic E-state index is -1.03. The molecule has 0 saturated carbocycles. The predicted octanol–water partition coefficient (Wildman–Crippen LogP) is 3.28. The number of carboxylic acids is 1. The van der Waals surface area contributed by atoms with Gasteiger partial charge in [0.1, 0.15) is 5.69 Å². The summed E-state index contributed by atoms with van der Waals surface area (Å²) in [6.07, 6.45) is 1.49. The minimum Gasteiger partial charge on any atom is -0.477 e. The number of aromatic nitrogens is 2. The Kier molecular flexibility index (Phi) is 3.53. The van der Waals surface area contributed by atoms with Crippen molar-refractivity contribution in [2.45, 2.75) is 26.2 Å². The second kappa shape index (κ2) is 4.97. The van der Waals surface area contributed by atoms with Crippen LogP contribution in [0.2, 0.25) is 0 Å². The molecular formula is C13H15N3O2S. The van der Waals surface area contributed by atoms with Gasteiger partial charge in [0.2, 0.25) is 0 Å². The summed E-state index contributed by atoms with van der Waals surface area (Å²) in [4.78, 5) is 19.0. The van der Waals surface area contributed by atoms with E-state index in [1.54, 1.807) is 6.07 Å². The molecule has 2 heterocycles. The standard InChI is InChI=1S/C13H15N3O2S/c1-13(2,3)10-7-19-12(16-10)15-8-4-5-9(11(17)18)14-6-8/h4-7H,1-3H3,(H,15,16)(H,17,18). The molecular weight excluding hydrogens is 262 g/mol. The van der Waals surface area contributed by atoms with Crippen molar-refractivity contribution >= 4 is 28.1 Å². The van der Waals surface area contributed by atoms with Crippen molar-refractivity contribution in [1.82, 2.24) is 9.97 Å². The molecule has 0 aromatic carbocycles. The van der Waals surface area contributed by atoms with E-state index in [1.807, 2.05) is 5.38 Å². The fraction of sp³-hybridized carbons (Fsp3) is 0.308. The van der Waals surface area contributed by atoms with Gasteiger partial charge < -0.3 is 10.4 Å². The molecule has 0 bridgehead atoms. The SMILES string of the molecule is CC(C)(C)c1csc(Nc2ccc(C(=O)O)nc2)n1. The molecule has 5 nitrogen and oxygen atoms in total. The number of aromatic carboxylic acids is 1. The first-order chi connectivity index (χ1) is 8.86. The maximum absolute atomic E-state index is 10.7. The van der Waals surface area contributed by atoms with Crippen LogP contribution in [0.3, 0.4) is 0 Å². The van der Waals surface area contributed by atoms with E-state index >= 15 is 0 Å². The number of carboxylic acid groups (broad SMARTS) is 1. The third kappa shape index (κ3) is 3.29. The van der Waals surface area contributed by atoms with Gasteiger partial charge in [0.05, 0.1) is 17.6 Å². The van der Waals surface area contributed by atoms with E-state index in [0.717, 1.165) is 16.5 Å². The van der Waals surface area contributed by atoms with Crippen molar-refractivity contribution in [3.05, 3.63) is 35.1 Å². The number of hydrogen-bond acceptors (Lipinski definition) is 5. The molecule has 0 unspecified atom stereocenters. The fourth-order valence-electron chi connectivity index (χ4n) is 1.39. The Labute approximate surface area is 115 Å². The maximum Gasteiger partial charge on any atom is 0.354 e. The molecule has 2 N–H and O–H groups in total. The van der Waals surface area contributed by atoms with Crippen molar-refractivity contribution in [3.63, 3.8) is 0 Å². The second-order valence-electron chi connectivity index (χ2n) is 5.15. The molecule has 19 heavy (non-hydrogen) atoms. The monoisotopic (exact) mass is 277 g/mol. The Morgan fingerprint density at radius 1 is 1.37 bits per heavy atom. The quantitative estimate of drug-likeness (QED) is 0.900. The maximum atomic E-state index is 10.7. The molecule has 2 aromatic rings. The molecule has 0 saturated heterocycles. The molecule has 0 aliphatic carbocycles. The molecule has 2 aromatic heterocycles. The molecule has 0 aliphatic heterocycles. The lowest BCUT2D eigenvalue weighted by Gasteiger charge is -2.14. The van der Waals surface area contributed by atoms with Gasteiger partial charge in [0.25, 0.3) is 0 Å². The number of pyridine rings is 1. The highest BCUT2D eigenvalue weighted by Gasteiger charge is 2.17. The molecule has 6 heteroatoms. The van der Waals surface area contributed by atoms with Gasteiger partial charge >= 0.3 is 5.97 Å². The molecule has 2 rings (SSSR count). The van der Waals surface area contributed by atoms with Gasteiger partial charge in [-0.1, -0.05) is 20.8 Å². The molecule has 0 spiro atoms. The Morgan fingerprint density at radius 2 is 2.11 bits per heavy atom. The summed E-state index contributed by atoms with van der Waals surface area (Å²) in [6.45, 7) is 6.32. The number of nitrogens with one attached hydrogen (secondary N) is 1. The zero-order valence-corrected chi connectivity index (χ0v) is 11.8. The van der Waals surface area contributed by atoms with Gasteiger partial charge in [-0.3, -0.25) is 0 Å². The molecule has 0 aliphatic rings. The first kappa shape index (κ1) is 13.5. The van der Waals surface area contributed by atoms with Gasteiger partial charge in [-0.15, -0.1) is 11.3 Å². The number of rotatable bonds is 3. The molecule has 0 fully saturated rings. The highest BCUT2D eigenvalue weighted by atomic mass is 32.1. The van der Waals surface area contributed by atoms with Crippen LogP contribution in [-0.4, -0.2) is 21.0 Å². The van der Waals surface area contributed by atoms with Crippen LogP contribution in [-0.2, 0) is 5.41 Å². The van der Waals surface area contributed by atoms with Gasteiger partial charge in [-0.25, -0.2) is 14.8 Å². The van der Waals surface area contributed by atoms with Crippen LogP contribution < -0.4 is 5.32 Å². The number of carbonyl (C=O) groups is 1. The molecule has 100 valence electrons. The van der Waals surface area contributed by atoms with Crippen molar-refractivity contribution in [3.8, 4) is 0 Å². The summed E-state index contributed by atoms with van der Waals surface area (Å²) < 4.78 is 0. The topological polar surface area (TPSA) is 75.1 Å². The van der Waals surface area contributed by atoms with E-state index in [9.17, 15) is 4.79 Å². The highest BCUT2D eigenvalue weighted by Crippen LogP contribution is 2.27. The van der Waals surface area contributed by atoms with Crippen molar-refractivity contribution < 1.29 is 9.90 Å².